The molecule has 0 rings (SSSR count). The Hall–Kier alpha value is -0.0400. The van der Waals surface area contributed by atoms with Crippen LogP contribution in [0.25, 0.3) is 0 Å². The Balaban J connectivity index is 3.44. The maximum atomic E-state index is 3.66. The van der Waals surface area contributed by atoms with Crippen molar-refractivity contribution in [3.05, 3.63) is 0 Å². The molecule has 0 spiro atoms. The van der Waals surface area contributed by atoms with Gasteiger partial charge in [0.05, 0.1) is 0 Å². The second-order valence-electron chi connectivity index (χ2n) is 13.9. The smallest absolute Gasteiger partial charge is 0.00206 e. The summed E-state index contributed by atoms with van der Waals surface area (Å²) in [7, 11) is 0. The average molecular weight is 578 g/mol. The molecule has 0 aliphatic rings. The molecule has 0 fully saturated rings. The summed E-state index contributed by atoms with van der Waals surface area (Å²) in [6.07, 6.45) is 50.0. The highest BCUT2D eigenvalue weighted by Gasteiger charge is 2.08. The summed E-state index contributed by atoms with van der Waals surface area (Å²) in [6, 6.07) is 0. The fraction of sp³-hybridized carbons (Fsp3) is 1.00. The Morgan fingerprint density at radius 2 is 0.512 bits per heavy atom. The molecule has 0 amide bonds. The highest BCUT2D eigenvalue weighted by atomic mass is 14.8. The molecular weight excluding hydrogens is 494 g/mol. The zero-order valence-electron chi connectivity index (χ0n) is 29.5. The van der Waals surface area contributed by atoms with E-state index >= 15 is 0 Å². The fourth-order valence-electron chi connectivity index (χ4n) is 6.66. The molecule has 1 nitrogen and oxygen atoms in total. The van der Waals surface area contributed by atoms with Crippen LogP contribution >= 0.6 is 0 Å². The first-order chi connectivity index (χ1) is 20.3. The SMILES string of the molecule is CCCCCCCCCCCCCCCCCCC(CCCCCCCCCCCCCCCCCC)CNCC. The van der Waals surface area contributed by atoms with Gasteiger partial charge in [-0.1, -0.05) is 226 Å². The quantitative estimate of drug-likeness (QED) is 0.0724. The second-order valence-corrected chi connectivity index (χ2v) is 13.9. The number of rotatable bonds is 37. The first-order valence-corrected chi connectivity index (χ1v) is 20.1. The molecule has 248 valence electrons. The van der Waals surface area contributed by atoms with Gasteiger partial charge in [0.25, 0.3) is 0 Å². The molecule has 0 aromatic carbocycles. The lowest BCUT2D eigenvalue weighted by Gasteiger charge is -2.17. The summed E-state index contributed by atoms with van der Waals surface area (Å²) < 4.78 is 0. The van der Waals surface area contributed by atoms with Crippen LogP contribution in [0.15, 0.2) is 0 Å². The monoisotopic (exact) mass is 578 g/mol. The Kier molecular flexibility index (Phi) is 37.9. The predicted molar refractivity (Wildman–Crippen MR) is 190 cm³/mol. The predicted octanol–water partition coefficient (Wildman–Crippen LogP) is 14.5. The van der Waals surface area contributed by atoms with E-state index in [-0.39, 0.29) is 0 Å². The van der Waals surface area contributed by atoms with Gasteiger partial charge in [-0.25, -0.2) is 0 Å². The second kappa shape index (κ2) is 38.0. The van der Waals surface area contributed by atoms with Crippen LogP contribution < -0.4 is 5.32 Å². The van der Waals surface area contributed by atoms with Gasteiger partial charge in [-0.05, 0) is 31.8 Å². The van der Waals surface area contributed by atoms with Gasteiger partial charge in [0.15, 0.2) is 0 Å². The van der Waals surface area contributed by atoms with Gasteiger partial charge in [-0.2, -0.15) is 0 Å². The molecule has 0 saturated heterocycles. The van der Waals surface area contributed by atoms with E-state index in [2.05, 4.69) is 26.1 Å². The first kappa shape index (κ1) is 41.0. The van der Waals surface area contributed by atoms with Crippen molar-refractivity contribution < 1.29 is 0 Å². The van der Waals surface area contributed by atoms with Crippen molar-refractivity contribution in [2.24, 2.45) is 5.92 Å². The van der Waals surface area contributed by atoms with Crippen LogP contribution in [0.2, 0.25) is 0 Å². The van der Waals surface area contributed by atoms with Crippen molar-refractivity contribution in [2.75, 3.05) is 13.1 Å². The highest BCUT2D eigenvalue weighted by Crippen LogP contribution is 2.20. The standard InChI is InChI=1S/C40H83N/c1-4-7-9-11-13-15-17-19-21-23-25-27-29-31-33-35-37-40(39-41-6-3)38-36-34-32-30-28-26-24-22-20-18-16-14-12-10-8-5-2/h40-41H,4-39H2,1-3H3. The Labute approximate surface area is 263 Å². The van der Waals surface area contributed by atoms with Crippen molar-refractivity contribution in [3.8, 4) is 0 Å². The van der Waals surface area contributed by atoms with Gasteiger partial charge in [-0.3, -0.25) is 0 Å². The molecule has 0 aromatic heterocycles. The lowest BCUT2D eigenvalue weighted by Crippen LogP contribution is -2.22. The largest absolute Gasteiger partial charge is 0.317 e. The van der Waals surface area contributed by atoms with Crippen LogP contribution in [0.4, 0.5) is 0 Å². The summed E-state index contributed by atoms with van der Waals surface area (Å²) in [6.45, 7) is 9.28. The van der Waals surface area contributed by atoms with E-state index in [4.69, 9.17) is 0 Å². The minimum absolute atomic E-state index is 0.924. The van der Waals surface area contributed by atoms with E-state index in [9.17, 15) is 0 Å². The topological polar surface area (TPSA) is 12.0 Å². The van der Waals surface area contributed by atoms with Crippen LogP contribution in [-0.4, -0.2) is 13.1 Å². The minimum atomic E-state index is 0.924. The molecule has 1 N–H and O–H groups in total. The van der Waals surface area contributed by atoms with Crippen molar-refractivity contribution >= 4 is 0 Å². The zero-order chi connectivity index (χ0) is 29.7. The van der Waals surface area contributed by atoms with Gasteiger partial charge in [0.2, 0.25) is 0 Å². The molecule has 1 heteroatoms. The van der Waals surface area contributed by atoms with E-state index in [1.165, 1.54) is 225 Å². The summed E-state index contributed by atoms with van der Waals surface area (Å²) in [4.78, 5) is 0. The van der Waals surface area contributed by atoms with Gasteiger partial charge in [0, 0.05) is 0 Å². The lowest BCUT2D eigenvalue weighted by molar-refractivity contribution is 0.384. The number of hydrogen-bond acceptors (Lipinski definition) is 1. The van der Waals surface area contributed by atoms with Crippen LogP contribution in [0.3, 0.4) is 0 Å². The normalized spacial score (nSPS) is 11.7. The Morgan fingerprint density at radius 3 is 0.732 bits per heavy atom. The molecule has 0 atom stereocenters. The van der Waals surface area contributed by atoms with Crippen molar-refractivity contribution in [1.29, 1.82) is 0 Å². The van der Waals surface area contributed by atoms with Gasteiger partial charge in [-0.15, -0.1) is 0 Å². The van der Waals surface area contributed by atoms with Gasteiger partial charge in [0.1, 0.15) is 0 Å². The fourth-order valence-corrected chi connectivity index (χ4v) is 6.66. The third kappa shape index (κ3) is 36.1. The molecule has 0 aliphatic heterocycles. The maximum Gasteiger partial charge on any atom is -0.00206 e. The van der Waals surface area contributed by atoms with Crippen molar-refractivity contribution in [3.63, 3.8) is 0 Å². The van der Waals surface area contributed by atoms with E-state index in [1.54, 1.807) is 0 Å². The van der Waals surface area contributed by atoms with E-state index in [0.29, 0.717) is 0 Å². The number of unbranched alkanes of at least 4 members (excludes halogenated alkanes) is 30. The first-order valence-electron chi connectivity index (χ1n) is 20.1. The number of hydrogen-bond donors (Lipinski definition) is 1. The lowest BCUT2D eigenvalue weighted by atomic mass is 9.94. The molecule has 41 heavy (non-hydrogen) atoms. The molecule has 0 heterocycles. The third-order valence-corrected chi connectivity index (χ3v) is 9.61. The summed E-state index contributed by atoms with van der Waals surface area (Å²) in [5.74, 6) is 0.924. The zero-order valence-corrected chi connectivity index (χ0v) is 29.5. The van der Waals surface area contributed by atoms with E-state index in [0.717, 1.165) is 12.5 Å². The summed E-state index contributed by atoms with van der Waals surface area (Å²) >= 11 is 0. The minimum Gasteiger partial charge on any atom is -0.317 e. The summed E-state index contributed by atoms with van der Waals surface area (Å²) in [5.41, 5.74) is 0. The average Bonchev–Trinajstić information content (AvgIpc) is 2.98. The van der Waals surface area contributed by atoms with Crippen LogP contribution in [-0.2, 0) is 0 Å². The van der Waals surface area contributed by atoms with Gasteiger partial charge >= 0.3 is 0 Å². The Morgan fingerprint density at radius 1 is 0.293 bits per heavy atom. The molecule has 0 aliphatic carbocycles. The maximum absolute atomic E-state index is 3.66. The molecule has 0 saturated carbocycles. The van der Waals surface area contributed by atoms with E-state index in [1.807, 2.05) is 0 Å². The molecule has 0 bridgehead atoms. The van der Waals surface area contributed by atoms with Crippen LogP contribution in [0.1, 0.15) is 239 Å². The Bertz CT molecular complexity index is 397. The molecule has 0 unspecified atom stereocenters. The third-order valence-electron chi connectivity index (χ3n) is 9.61. The van der Waals surface area contributed by atoms with E-state index < -0.39 is 0 Å². The van der Waals surface area contributed by atoms with Crippen LogP contribution in [0.5, 0.6) is 0 Å². The number of nitrogens with one attached hydrogen (secondary N) is 1. The molecular formula is C40H83N. The molecule has 0 radical (unpaired) electrons. The highest BCUT2D eigenvalue weighted by molar-refractivity contribution is 4.64. The van der Waals surface area contributed by atoms with Crippen molar-refractivity contribution in [2.45, 2.75) is 239 Å². The summed E-state index contributed by atoms with van der Waals surface area (Å²) in [5, 5.41) is 3.66. The molecule has 0 aromatic rings. The van der Waals surface area contributed by atoms with Crippen LogP contribution in [0, 0.1) is 5.92 Å². The van der Waals surface area contributed by atoms with Crippen molar-refractivity contribution in [1.82, 2.24) is 5.32 Å². The van der Waals surface area contributed by atoms with Gasteiger partial charge < -0.3 is 5.32 Å².